The molecule has 148 valence electrons. The molecule has 10 nitrogen and oxygen atoms in total. The zero-order valence-electron chi connectivity index (χ0n) is 16.0. The van der Waals surface area contributed by atoms with Gasteiger partial charge in [-0.15, -0.1) is 0 Å². The Morgan fingerprint density at radius 3 is 2.75 bits per heavy atom. The van der Waals surface area contributed by atoms with E-state index in [0.29, 0.717) is 22.6 Å². The Morgan fingerprint density at radius 1 is 1.25 bits per heavy atom. The van der Waals surface area contributed by atoms with Gasteiger partial charge in [0.2, 0.25) is 17.8 Å². The molecule has 1 amide bonds. The molecule has 0 aliphatic carbocycles. The zero-order chi connectivity index (χ0) is 20.1. The number of thioether (sulfide) groups is 1. The fraction of sp³-hybridized carbons (Fsp3) is 0.412. The Morgan fingerprint density at radius 2 is 2.04 bits per heavy atom. The average molecular weight is 402 g/mol. The van der Waals surface area contributed by atoms with Crippen molar-refractivity contribution in [1.82, 2.24) is 29.9 Å². The highest BCUT2D eigenvalue weighted by molar-refractivity contribution is 8.00. The number of carbonyl (C=O) groups excluding carboxylic acids is 1. The summed E-state index contributed by atoms with van der Waals surface area (Å²) < 4.78 is 0. The highest BCUT2D eigenvalue weighted by Gasteiger charge is 2.22. The van der Waals surface area contributed by atoms with Gasteiger partial charge in [0.15, 0.2) is 5.65 Å². The van der Waals surface area contributed by atoms with Gasteiger partial charge in [-0.05, 0) is 26.3 Å². The monoisotopic (exact) mass is 401 g/mol. The molecule has 3 aromatic rings. The summed E-state index contributed by atoms with van der Waals surface area (Å²) in [6, 6.07) is 1.83. The number of amides is 1. The smallest absolute Gasteiger partial charge is 0.240 e. The SMILES string of the molecule is CC[C@H](Sc1nc(N)nc2nc[nH]c12)C(=O)Nc1nccc(N(CC)CC)n1. The fourth-order valence-electron chi connectivity index (χ4n) is 2.69. The molecule has 0 bridgehead atoms. The number of nitrogens with zero attached hydrogens (tertiary/aromatic N) is 6. The molecule has 0 spiro atoms. The molecule has 3 heterocycles. The van der Waals surface area contributed by atoms with Crippen molar-refractivity contribution in [2.75, 3.05) is 29.0 Å². The quantitative estimate of drug-likeness (QED) is 0.382. The minimum Gasteiger partial charge on any atom is -0.368 e. The molecular weight excluding hydrogens is 378 g/mol. The first-order valence-corrected chi connectivity index (χ1v) is 9.95. The summed E-state index contributed by atoms with van der Waals surface area (Å²) in [6.07, 6.45) is 3.76. The highest BCUT2D eigenvalue weighted by Crippen LogP contribution is 2.29. The number of hydrogen-bond donors (Lipinski definition) is 3. The first-order valence-electron chi connectivity index (χ1n) is 9.07. The van der Waals surface area contributed by atoms with Crippen molar-refractivity contribution in [3.05, 3.63) is 18.6 Å². The van der Waals surface area contributed by atoms with Crippen molar-refractivity contribution in [3.63, 3.8) is 0 Å². The lowest BCUT2D eigenvalue weighted by Gasteiger charge is -2.20. The molecule has 0 radical (unpaired) electrons. The maximum absolute atomic E-state index is 12.8. The van der Waals surface area contributed by atoms with Crippen LogP contribution in [-0.2, 0) is 4.79 Å². The predicted octanol–water partition coefficient (Wildman–Crippen LogP) is 2.08. The number of carbonyl (C=O) groups is 1. The molecule has 1 atom stereocenters. The summed E-state index contributed by atoms with van der Waals surface area (Å²) in [5.74, 6) is 0.975. The zero-order valence-corrected chi connectivity index (χ0v) is 16.8. The lowest BCUT2D eigenvalue weighted by atomic mass is 10.3. The van der Waals surface area contributed by atoms with Gasteiger partial charge in [-0.3, -0.25) is 10.1 Å². The van der Waals surface area contributed by atoms with Gasteiger partial charge >= 0.3 is 0 Å². The first-order chi connectivity index (χ1) is 13.5. The van der Waals surface area contributed by atoms with Crippen molar-refractivity contribution in [2.24, 2.45) is 0 Å². The van der Waals surface area contributed by atoms with E-state index in [2.05, 4.69) is 54.0 Å². The Balaban J connectivity index is 1.77. The third-order valence-corrected chi connectivity index (χ3v) is 5.50. The molecule has 11 heteroatoms. The molecule has 3 rings (SSSR count). The normalized spacial score (nSPS) is 12.1. The molecule has 4 N–H and O–H groups in total. The minimum absolute atomic E-state index is 0.118. The maximum Gasteiger partial charge on any atom is 0.240 e. The second-order valence-corrected chi connectivity index (χ2v) is 7.09. The van der Waals surface area contributed by atoms with Crippen LogP contribution in [0.1, 0.15) is 27.2 Å². The number of fused-ring (bicyclic) bond motifs is 1. The summed E-state index contributed by atoms with van der Waals surface area (Å²) in [7, 11) is 0. The number of anilines is 3. The Kier molecular flexibility index (Phi) is 6.24. The van der Waals surface area contributed by atoms with Crippen molar-refractivity contribution >= 4 is 46.5 Å². The predicted molar refractivity (Wildman–Crippen MR) is 110 cm³/mol. The van der Waals surface area contributed by atoms with Crippen molar-refractivity contribution < 1.29 is 4.79 Å². The second kappa shape index (κ2) is 8.83. The molecule has 28 heavy (non-hydrogen) atoms. The lowest BCUT2D eigenvalue weighted by Crippen LogP contribution is -2.27. The van der Waals surface area contributed by atoms with Crippen molar-refractivity contribution in [3.8, 4) is 0 Å². The summed E-state index contributed by atoms with van der Waals surface area (Å²) in [6.45, 7) is 7.68. The van der Waals surface area contributed by atoms with Gasteiger partial charge in [-0.1, -0.05) is 18.7 Å². The van der Waals surface area contributed by atoms with E-state index in [9.17, 15) is 4.79 Å². The number of rotatable bonds is 8. The number of hydrogen-bond acceptors (Lipinski definition) is 9. The van der Waals surface area contributed by atoms with E-state index in [1.54, 1.807) is 6.20 Å². The number of nitrogens with one attached hydrogen (secondary N) is 2. The molecule has 0 saturated heterocycles. The number of nitrogens with two attached hydrogens (primary N) is 1. The van der Waals surface area contributed by atoms with Crippen LogP contribution in [0.15, 0.2) is 23.6 Å². The number of nitrogen functional groups attached to an aromatic ring is 1. The Hall–Kier alpha value is -2.95. The van der Waals surface area contributed by atoms with E-state index in [1.807, 2.05) is 13.0 Å². The van der Waals surface area contributed by atoms with E-state index in [-0.39, 0.29) is 17.8 Å². The van der Waals surface area contributed by atoms with Gasteiger partial charge in [0.25, 0.3) is 0 Å². The lowest BCUT2D eigenvalue weighted by molar-refractivity contribution is -0.115. The van der Waals surface area contributed by atoms with E-state index in [0.717, 1.165) is 18.9 Å². The van der Waals surface area contributed by atoms with Crippen LogP contribution in [0, 0.1) is 0 Å². The van der Waals surface area contributed by atoms with Gasteiger partial charge in [0.1, 0.15) is 16.4 Å². The molecule has 3 aromatic heterocycles. The van der Waals surface area contributed by atoms with Gasteiger partial charge in [0, 0.05) is 19.3 Å². The van der Waals surface area contributed by atoms with Crippen molar-refractivity contribution in [1.29, 1.82) is 0 Å². The molecule has 0 aliphatic heterocycles. The summed E-state index contributed by atoms with van der Waals surface area (Å²) >= 11 is 1.30. The first kappa shape index (κ1) is 19.8. The molecule has 0 saturated carbocycles. The number of aromatic amines is 1. The highest BCUT2D eigenvalue weighted by atomic mass is 32.2. The largest absolute Gasteiger partial charge is 0.368 e. The van der Waals surface area contributed by atoms with Crippen LogP contribution < -0.4 is 16.0 Å². The van der Waals surface area contributed by atoms with Crippen LogP contribution in [0.25, 0.3) is 11.2 Å². The van der Waals surface area contributed by atoms with Crippen LogP contribution in [-0.4, -0.2) is 54.2 Å². The molecule has 0 unspecified atom stereocenters. The third kappa shape index (κ3) is 4.30. The van der Waals surface area contributed by atoms with Crippen LogP contribution >= 0.6 is 11.8 Å². The second-order valence-electron chi connectivity index (χ2n) is 5.90. The van der Waals surface area contributed by atoms with Gasteiger partial charge in [-0.25, -0.2) is 15.0 Å². The topological polar surface area (TPSA) is 139 Å². The number of H-pyrrole nitrogens is 1. The van der Waals surface area contributed by atoms with Gasteiger partial charge < -0.3 is 15.6 Å². The summed E-state index contributed by atoms with van der Waals surface area (Å²) in [4.78, 5) is 38.9. The standard InChI is InChI=1S/C17H23N9OS/c1-4-10(28-15-12-13(21-9-20-12)23-16(18)25-15)14(27)24-17-19-8-7-11(22-17)26(5-2)6-3/h7-10H,4-6H2,1-3H3,(H,19,22,24,27)(H3,18,20,21,23,25)/t10-/m0/s1. The Labute approximate surface area is 166 Å². The molecule has 0 aromatic carbocycles. The van der Waals surface area contributed by atoms with E-state index in [4.69, 9.17) is 5.73 Å². The van der Waals surface area contributed by atoms with E-state index >= 15 is 0 Å². The summed E-state index contributed by atoms with van der Waals surface area (Å²) in [5.41, 5.74) is 6.89. The van der Waals surface area contributed by atoms with Crippen LogP contribution in [0.4, 0.5) is 17.7 Å². The summed E-state index contributed by atoms with van der Waals surface area (Å²) in [5, 5.41) is 2.99. The molecule has 0 fully saturated rings. The number of aromatic nitrogens is 6. The van der Waals surface area contributed by atoms with Crippen LogP contribution in [0.2, 0.25) is 0 Å². The maximum atomic E-state index is 12.8. The van der Waals surface area contributed by atoms with Crippen LogP contribution in [0.3, 0.4) is 0 Å². The van der Waals surface area contributed by atoms with E-state index < -0.39 is 5.25 Å². The van der Waals surface area contributed by atoms with Crippen LogP contribution in [0.5, 0.6) is 0 Å². The molecule has 0 aliphatic rings. The van der Waals surface area contributed by atoms with E-state index in [1.165, 1.54) is 18.1 Å². The Bertz CT molecular complexity index is 957. The third-order valence-electron chi connectivity index (χ3n) is 4.15. The average Bonchev–Trinajstić information content (AvgIpc) is 3.15. The minimum atomic E-state index is -0.401. The van der Waals surface area contributed by atoms with Crippen molar-refractivity contribution in [2.45, 2.75) is 37.5 Å². The number of imidazole rings is 1. The molecular formula is C17H23N9OS. The van der Waals surface area contributed by atoms with Gasteiger partial charge in [0.05, 0.1) is 11.6 Å². The fourth-order valence-corrected chi connectivity index (χ4v) is 3.71. The van der Waals surface area contributed by atoms with Gasteiger partial charge in [-0.2, -0.15) is 9.97 Å².